The summed E-state index contributed by atoms with van der Waals surface area (Å²) in [5, 5.41) is 18.1. The third kappa shape index (κ3) is 5.80. The zero-order valence-electron chi connectivity index (χ0n) is 22.9. The van der Waals surface area contributed by atoms with Gasteiger partial charge in [0.2, 0.25) is 0 Å². The smallest absolute Gasteiger partial charge is 0.343 e. The molecule has 0 saturated carbocycles. The topological polar surface area (TPSA) is 139 Å². The summed E-state index contributed by atoms with van der Waals surface area (Å²) in [5.41, 5.74) is 4.24. The van der Waals surface area contributed by atoms with Gasteiger partial charge in [-0.05, 0) is 66.3 Å². The number of rotatable bonds is 7. The van der Waals surface area contributed by atoms with Crippen molar-refractivity contribution in [1.82, 2.24) is 5.43 Å². The molecule has 0 saturated heterocycles. The number of nitriles is 1. The highest BCUT2D eigenvalue weighted by Gasteiger charge is 2.24. The molecule has 1 aromatic heterocycles. The van der Waals surface area contributed by atoms with Crippen LogP contribution in [0, 0.1) is 11.3 Å². The number of carbonyl (C=O) groups is 3. The zero-order valence-corrected chi connectivity index (χ0v) is 23.7. The molecule has 0 fully saturated rings. The van der Waals surface area contributed by atoms with Gasteiger partial charge in [-0.1, -0.05) is 30.3 Å². The minimum absolute atomic E-state index is 0.193. The monoisotopic (exact) mass is 582 g/mol. The first kappa shape index (κ1) is 28.3. The summed E-state index contributed by atoms with van der Waals surface area (Å²) in [5.74, 6) is -1.56. The molecule has 4 aromatic rings. The van der Waals surface area contributed by atoms with Gasteiger partial charge in [0.05, 0.1) is 31.6 Å². The van der Waals surface area contributed by atoms with E-state index in [0.717, 1.165) is 41.5 Å². The van der Waals surface area contributed by atoms with Crippen molar-refractivity contribution in [2.24, 2.45) is 5.10 Å². The molecule has 0 bridgehead atoms. The van der Waals surface area contributed by atoms with E-state index in [4.69, 9.17) is 14.2 Å². The van der Waals surface area contributed by atoms with Crippen LogP contribution < -0.4 is 25.0 Å². The van der Waals surface area contributed by atoms with E-state index >= 15 is 0 Å². The molecular weight excluding hydrogens is 556 g/mol. The van der Waals surface area contributed by atoms with Crippen molar-refractivity contribution in [2.45, 2.75) is 25.7 Å². The van der Waals surface area contributed by atoms with Crippen LogP contribution in [-0.2, 0) is 22.4 Å². The Hall–Kier alpha value is -5.21. The van der Waals surface area contributed by atoms with E-state index in [0.29, 0.717) is 33.0 Å². The fourth-order valence-corrected chi connectivity index (χ4v) is 5.99. The molecule has 0 spiro atoms. The third-order valence-electron chi connectivity index (χ3n) is 6.83. The summed E-state index contributed by atoms with van der Waals surface area (Å²) in [6, 6.07) is 17.6. The van der Waals surface area contributed by atoms with Gasteiger partial charge >= 0.3 is 17.8 Å². The van der Waals surface area contributed by atoms with Crippen LogP contribution in [0.15, 0.2) is 59.7 Å². The maximum atomic E-state index is 13.0. The SMILES string of the molecule is COc1ccc(C(=O)Oc2ccc3ccccc3c2/C=N\NC(=O)C(=O)Nc2sc3c(c2C#N)CCCC3)cc1OC. The quantitative estimate of drug-likeness (QED) is 0.103. The Morgan fingerprint density at radius 1 is 0.952 bits per heavy atom. The number of carbonyl (C=O) groups excluding carboxylic acids is 3. The summed E-state index contributed by atoms with van der Waals surface area (Å²) in [4.78, 5) is 39.3. The van der Waals surface area contributed by atoms with Crippen LogP contribution in [0.4, 0.5) is 5.00 Å². The van der Waals surface area contributed by atoms with Gasteiger partial charge in [0, 0.05) is 10.4 Å². The second-order valence-corrected chi connectivity index (χ2v) is 10.4. The number of hydrogen-bond acceptors (Lipinski definition) is 9. The lowest BCUT2D eigenvalue weighted by Crippen LogP contribution is -2.32. The van der Waals surface area contributed by atoms with Gasteiger partial charge in [-0.3, -0.25) is 9.59 Å². The number of benzene rings is 3. The maximum absolute atomic E-state index is 13.0. The lowest BCUT2D eigenvalue weighted by molar-refractivity contribution is -0.136. The van der Waals surface area contributed by atoms with Crippen molar-refractivity contribution in [3.8, 4) is 23.3 Å². The van der Waals surface area contributed by atoms with Gasteiger partial charge in [0.1, 0.15) is 16.8 Å². The molecule has 5 rings (SSSR count). The van der Waals surface area contributed by atoms with Crippen LogP contribution in [0.5, 0.6) is 17.2 Å². The van der Waals surface area contributed by atoms with Crippen molar-refractivity contribution in [3.63, 3.8) is 0 Å². The summed E-state index contributed by atoms with van der Waals surface area (Å²) >= 11 is 1.33. The number of esters is 1. The molecule has 0 unspecified atom stereocenters. The molecule has 11 heteroatoms. The van der Waals surface area contributed by atoms with E-state index < -0.39 is 17.8 Å². The zero-order chi connectivity index (χ0) is 29.6. The molecule has 212 valence electrons. The Bertz CT molecular complexity index is 1770. The Balaban J connectivity index is 1.34. The van der Waals surface area contributed by atoms with Gasteiger partial charge in [0.15, 0.2) is 11.5 Å². The van der Waals surface area contributed by atoms with Crippen LogP contribution in [0.2, 0.25) is 0 Å². The van der Waals surface area contributed by atoms with Crippen LogP contribution in [0.25, 0.3) is 10.8 Å². The fraction of sp³-hybridized carbons (Fsp3) is 0.194. The van der Waals surface area contributed by atoms with Crippen LogP contribution in [0.1, 0.15) is 44.8 Å². The normalized spacial score (nSPS) is 12.3. The average molecular weight is 583 g/mol. The van der Waals surface area contributed by atoms with Crippen LogP contribution >= 0.6 is 11.3 Å². The maximum Gasteiger partial charge on any atom is 0.343 e. The van der Waals surface area contributed by atoms with E-state index in [1.54, 1.807) is 24.3 Å². The summed E-state index contributed by atoms with van der Waals surface area (Å²) in [7, 11) is 2.97. The first-order valence-electron chi connectivity index (χ1n) is 13.1. The lowest BCUT2D eigenvalue weighted by Gasteiger charge is -2.12. The molecule has 42 heavy (non-hydrogen) atoms. The average Bonchev–Trinajstić information content (AvgIpc) is 3.38. The highest BCUT2D eigenvalue weighted by atomic mass is 32.1. The van der Waals surface area contributed by atoms with E-state index in [2.05, 4.69) is 21.9 Å². The number of anilines is 1. The van der Waals surface area contributed by atoms with E-state index in [-0.39, 0.29) is 11.3 Å². The number of fused-ring (bicyclic) bond motifs is 2. The van der Waals surface area contributed by atoms with Gasteiger partial charge in [-0.25, -0.2) is 10.2 Å². The van der Waals surface area contributed by atoms with Crippen molar-refractivity contribution < 1.29 is 28.6 Å². The number of aryl methyl sites for hydroxylation is 1. The fourth-order valence-electron chi connectivity index (χ4n) is 4.76. The molecular formula is C31H26N4O6S. The summed E-state index contributed by atoms with van der Waals surface area (Å²) in [6.07, 6.45) is 4.97. The number of amides is 2. The lowest BCUT2D eigenvalue weighted by atomic mass is 9.96. The predicted molar refractivity (Wildman–Crippen MR) is 158 cm³/mol. The van der Waals surface area contributed by atoms with Crippen molar-refractivity contribution >= 4 is 51.1 Å². The number of hydrazone groups is 1. The third-order valence-corrected chi connectivity index (χ3v) is 8.04. The molecule has 2 amide bonds. The van der Waals surface area contributed by atoms with Gasteiger partial charge in [-0.15, -0.1) is 11.3 Å². The number of nitrogens with zero attached hydrogens (tertiary/aromatic N) is 2. The number of thiophene rings is 1. The predicted octanol–water partition coefficient (Wildman–Crippen LogP) is 4.98. The summed E-state index contributed by atoms with van der Waals surface area (Å²) in [6.45, 7) is 0. The molecule has 1 aliphatic rings. The number of methoxy groups -OCH3 is 2. The Morgan fingerprint density at radius 3 is 2.50 bits per heavy atom. The van der Waals surface area contributed by atoms with Crippen LogP contribution in [-0.4, -0.2) is 38.2 Å². The largest absolute Gasteiger partial charge is 0.493 e. The van der Waals surface area contributed by atoms with E-state index in [1.807, 2.05) is 24.3 Å². The molecule has 0 radical (unpaired) electrons. The number of hydrogen-bond donors (Lipinski definition) is 2. The molecule has 0 aliphatic heterocycles. The van der Waals surface area contributed by atoms with Crippen molar-refractivity contribution in [1.29, 1.82) is 5.26 Å². The molecule has 10 nitrogen and oxygen atoms in total. The second-order valence-electron chi connectivity index (χ2n) is 9.34. The Morgan fingerprint density at radius 2 is 1.71 bits per heavy atom. The highest BCUT2D eigenvalue weighted by molar-refractivity contribution is 7.16. The van der Waals surface area contributed by atoms with Crippen molar-refractivity contribution in [2.75, 3.05) is 19.5 Å². The minimum Gasteiger partial charge on any atom is -0.493 e. The molecule has 0 atom stereocenters. The molecule has 2 N–H and O–H groups in total. The minimum atomic E-state index is -1.01. The number of ether oxygens (including phenoxy) is 3. The molecule has 3 aromatic carbocycles. The standard InChI is InChI=1S/C31H26N4O6S/c1-39-25-14-12-19(15-26(25)40-2)31(38)41-24-13-11-18-7-3-4-8-20(18)23(24)17-33-35-29(37)28(36)34-30-22(16-32)21-9-5-6-10-27(21)42-30/h3-4,7-8,11-15,17H,5-6,9-10H2,1-2H3,(H,34,36)(H,35,37)/b33-17-. The number of nitrogens with one attached hydrogen (secondary N) is 2. The van der Waals surface area contributed by atoms with E-state index in [1.165, 1.54) is 37.8 Å². The van der Waals surface area contributed by atoms with Gasteiger partial charge in [0.25, 0.3) is 0 Å². The summed E-state index contributed by atoms with van der Waals surface area (Å²) < 4.78 is 16.2. The molecule has 1 aliphatic carbocycles. The van der Waals surface area contributed by atoms with Crippen LogP contribution in [0.3, 0.4) is 0 Å². The second kappa shape index (κ2) is 12.5. The highest BCUT2D eigenvalue weighted by Crippen LogP contribution is 2.37. The van der Waals surface area contributed by atoms with Gasteiger partial charge in [-0.2, -0.15) is 10.4 Å². The first-order valence-corrected chi connectivity index (χ1v) is 13.9. The van der Waals surface area contributed by atoms with Crippen molar-refractivity contribution in [3.05, 3.63) is 81.7 Å². The Kier molecular flexibility index (Phi) is 8.45. The Labute approximate surface area is 245 Å². The van der Waals surface area contributed by atoms with E-state index in [9.17, 15) is 19.6 Å². The first-order chi connectivity index (χ1) is 20.4. The molecule has 1 heterocycles. The van der Waals surface area contributed by atoms with Gasteiger partial charge < -0.3 is 19.5 Å².